The van der Waals surface area contributed by atoms with Gasteiger partial charge in [0.15, 0.2) is 0 Å². The molecule has 0 bridgehead atoms. The molecular weight excluding hydrogens is 432 g/mol. The zero-order valence-corrected chi connectivity index (χ0v) is 17.6. The Kier molecular flexibility index (Phi) is 6.81. The van der Waals surface area contributed by atoms with Crippen LogP contribution in [0.4, 0.5) is 0 Å². The van der Waals surface area contributed by atoms with Gasteiger partial charge in [0.2, 0.25) is 10.5 Å². The minimum absolute atomic E-state index is 0.162. The van der Waals surface area contributed by atoms with Gasteiger partial charge in [0.1, 0.15) is 11.2 Å². The molecule has 1 aromatic heterocycles. The van der Waals surface area contributed by atoms with Gasteiger partial charge >= 0.3 is 0 Å². The van der Waals surface area contributed by atoms with Crippen molar-refractivity contribution in [1.29, 1.82) is 0 Å². The summed E-state index contributed by atoms with van der Waals surface area (Å²) in [5.41, 5.74) is 2.31. The Morgan fingerprint density at radius 3 is 2.03 bits per heavy atom. The summed E-state index contributed by atoms with van der Waals surface area (Å²) < 4.78 is 37.6. The highest BCUT2D eigenvalue weighted by atomic mass is 35.7. The summed E-state index contributed by atoms with van der Waals surface area (Å²) in [6, 6.07) is 15.5. The minimum Gasteiger partial charge on any atom is -0.274 e. The fourth-order valence-corrected chi connectivity index (χ4v) is 4.46. The maximum atomic E-state index is 12.4. The fraction of sp³-hybridized carbons (Fsp3) is 0.250. The number of benzene rings is 2. The summed E-state index contributed by atoms with van der Waals surface area (Å²) in [5, 5.41) is 1.28. The number of imide groups is 1. The summed E-state index contributed by atoms with van der Waals surface area (Å²) in [7, 11) is -4.94. The van der Waals surface area contributed by atoms with Gasteiger partial charge in [0.25, 0.3) is 11.8 Å². The molecule has 1 aliphatic rings. The second-order valence-corrected chi connectivity index (χ2v) is 8.62. The maximum absolute atomic E-state index is 12.4. The van der Waals surface area contributed by atoms with E-state index in [4.69, 9.17) is 18.6 Å². The Balaban J connectivity index is 0.000000461. The number of thiazole rings is 1. The van der Waals surface area contributed by atoms with E-state index >= 15 is 0 Å². The summed E-state index contributed by atoms with van der Waals surface area (Å²) in [5.74, 6) is -0.323. The molecule has 2 amide bonds. The topological polar surface area (TPSA) is 134 Å². The van der Waals surface area contributed by atoms with Crippen LogP contribution in [0.1, 0.15) is 38.6 Å². The SMILES string of the molecule is Cc1sc2ccccc2[n+]1CCCCN1C(=O)c2ccccc2C1=O.[O-][Cl+3]([O-])([O-])[O-]. The van der Waals surface area contributed by atoms with Crippen molar-refractivity contribution in [1.82, 2.24) is 4.90 Å². The number of fused-ring (bicyclic) bond motifs is 2. The van der Waals surface area contributed by atoms with Crippen molar-refractivity contribution < 1.29 is 43.0 Å². The van der Waals surface area contributed by atoms with Crippen LogP contribution in [-0.4, -0.2) is 23.3 Å². The van der Waals surface area contributed by atoms with Gasteiger partial charge in [0, 0.05) is 26.0 Å². The molecule has 1 aliphatic heterocycles. The monoisotopic (exact) mass is 450 g/mol. The van der Waals surface area contributed by atoms with Crippen LogP contribution in [0.3, 0.4) is 0 Å². The molecule has 2 heterocycles. The van der Waals surface area contributed by atoms with E-state index < -0.39 is 10.2 Å². The summed E-state index contributed by atoms with van der Waals surface area (Å²) in [6.07, 6.45) is 1.74. The second kappa shape index (κ2) is 9.17. The lowest BCUT2D eigenvalue weighted by molar-refractivity contribution is -2.00. The lowest BCUT2D eigenvalue weighted by atomic mass is 10.1. The third-order valence-electron chi connectivity index (χ3n) is 4.69. The molecule has 0 N–H and O–H groups in total. The van der Waals surface area contributed by atoms with Gasteiger partial charge in [-0.25, -0.2) is 18.6 Å². The number of unbranched alkanes of at least 4 members (excludes halogenated alkanes) is 1. The van der Waals surface area contributed by atoms with E-state index in [0.717, 1.165) is 19.4 Å². The fourth-order valence-electron chi connectivity index (χ4n) is 3.41. The molecule has 4 rings (SSSR count). The van der Waals surface area contributed by atoms with Gasteiger partial charge in [-0.2, -0.15) is 4.57 Å². The molecule has 0 saturated heterocycles. The van der Waals surface area contributed by atoms with Crippen LogP contribution in [0.2, 0.25) is 0 Å². The lowest BCUT2D eigenvalue weighted by Gasteiger charge is -2.17. The van der Waals surface area contributed by atoms with Crippen LogP contribution in [0.15, 0.2) is 48.5 Å². The molecule has 0 saturated carbocycles. The quantitative estimate of drug-likeness (QED) is 0.273. The van der Waals surface area contributed by atoms with Gasteiger partial charge in [-0.3, -0.25) is 14.5 Å². The molecule has 0 radical (unpaired) electrons. The zero-order chi connectivity index (χ0) is 21.9. The van der Waals surface area contributed by atoms with Crippen molar-refractivity contribution in [3.05, 3.63) is 64.7 Å². The number of amides is 2. The Bertz CT molecular complexity index is 1040. The predicted octanol–water partition coefficient (Wildman–Crippen LogP) is -1.18. The van der Waals surface area contributed by atoms with Gasteiger partial charge in [0.05, 0.1) is 11.1 Å². The third kappa shape index (κ3) is 5.20. The normalized spacial score (nSPS) is 13.4. The van der Waals surface area contributed by atoms with Crippen LogP contribution in [0, 0.1) is 17.2 Å². The maximum Gasteiger partial charge on any atom is 0.261 e. The molecule has 8 nitrogen and oxygen atoms in total. The third-order valence-corrected chi connectivity index (χ3v) is 5.77. The van der Waals surface area contributed by atoms with E-state index in [2.05, 4.69) is 35.8 Å². The van der Waals surface area contributed by atoms with E-state index in [-0.39, 0.29) is 11.8 Å². The predicted molar refractivity (Wildman–Crippen MR) is 97.8 cm³/mol. The molecule has 10 heteroatoms. The van der Waals surface area contributed by atoms with Crippen LogP contribution < -0.4 is 23.2 Å². The lowest BCUT2D eigenvalue weighted by Crippen LogP contribution is -2.68. The van der Waals surface area contributed by atoms with Crippen molar-refractivity contribution in [2.24, 2.45) is 0 Å². The molecule has 30 heavy (non-hydrogen) atoms. The Hall–Kier alpha value is -2.40. The first-order valence-corrected chi connectivity index (χ1v) is 11.2. The highest BCUT2D eigenvalue weighted by Gasteiger charge is 2.34. The molecule has 0 unspecified atom stereocenters. The summed E-state index contributed by atoms with van der Waals surface area (Å²) in [4.78, 5) is 26.1. The standard InChI is InChI=1S/C20H19N2O2S.ClHO4/c1-14-21(17-10-4-5-11-18(17)25-14)12-6-7-13-22-19(23)15-8-2-3-9-16(15)20(22)24;2-1(3,4)5/h2-5,8-11H,6-7,12-13H2,1H3;(H,2,3,4,5)/q+1;/p-1. The number of carbonyl (C=O) groups excluding carboxylic acids is 2. The van der Waals surface area contributed by atoms with E-state index in [1.54, 1.807) is 35.6 Å². The number of nitrogens with zero attached hydrogens (tertiary/aromatic N) is 2. The van der Waals surface area contributed by atoms with Crippen molar-refractivity contribution in [2.45, 2.75) is 26.3 Å². The first-order valence-electron chi connectivity index (χ1n) is 9.12. The number of aryl methyl sites for hydroxylation is 2. The number of hydrogen-bond acceptors (Lipinski definition) is 7. The number of halogens is 1. The highest BCUT2D eigenvalue weighted by molar-refractivity contribution is 7.18. The number of rotatable bonds is 5. The van der Waals surface area contributed by atoms with Crippen LogP contribution >= 0.6 is 11.3 Å². The van der Waals surface area contributed by atoms with Gasteiger partial charge in [-0.1, -0.05) is 35.6 Å². The first kappa shape index (κ1) is 22.3. The number of para-hydroxylation sites is 1. The number of hydrogen-bond donors (Lipinski definition) is 0. The minimum atomic E-state index is -4.94. The van der Waals surface area contributed by atoms with Crippen LogP contribution in [0.25, 0.3) is 10.2 Å². The molecule has 0 atom stereocenters. The van der Waals surface area contributed by atoms with Crippen LogP contribution in [-0.2, 0) is 6.54 Å². The van der Waals surface area contributed by atoms with Crippen molar-refractivity contribution in [3.8, 4) is 0 Å². The number of carbonyl (C=O) groups is 2. The molecule has 0 aliphatic carbocycles. The van der Waals surface area contributed by atoms with Crippen molar-refractivity contribution in [3.63, 3.8) is 0 Å². The van der Waals surface area contributed by atoms with Gasteiger partial charge in [-0.05, 0) is 24.6 Å². The van der Waals surface area contributed by atoms with E-state index in [9.17, 15) is 9.59 Å². The molecule has 3 aromatic rings. The largest absolute Gasteiger partial charge is 0.274 e. The number of aromatic nitrogens is 1. The first-order chi connectivity index (χ1) is 14.2. The summed E-state index contributed by atoms with van der Waals surface area (Å²) >= 11 is 1.80. The van der Waals surface area contributed by atoms with E-state index in [1.807, 2.05) is 0 Å². The van der Waals surface area contributed by atoms with Crippen molar-refractivity contribution >= 4 is 33.4 Å². The summed E-state index contributed by atoms with van der Waals surface area (Å²) in [6.45, 7) is 3.52. The molecule has 0 spiro atoms. The Labute approximate surface area is 179 Å². The average molecular weight is 451 g/mol. The smallest absolute Gasteiger partial charge is 0.261 e. The van der Waals surface area contributed by atoms with Gasteiger partial charge < -0.3 is 0 Å². The second-order valence-electron chi connectivity index (χ2n) is 6.63. The highest BCUT2D eigenvalue weighted by Crippen LogP contribution is 2.23. The molecule has 158 valence electrons. The molecule has 2 aromatic carbocycles. The average Bonchev–Trinajstić information content (AvgIpc) is 3.12. The van der Waals surface area contributed by atoms with E-state index in [1.165, 1.54) is 20.1 Å². The van der Waals surface area contributed by atoms with E-state index in [0.29, 0.717) is 17.7 Å². The molecular formula is C20H19ClN2O6S. The van der Waals surface area contributed by atoms with Gasteiger partial charge in [-0.15, -0.1) is 10.2 Å². The van der Waals surface area contributed by atoms with Crippen molar-refractivity contribution in [2.75, 3.05) is 6.54 Å². The molecule has 0 fully saturated rings. The zero-order valence-electron chi connectivity index (χ0n) is 16.1. The Morgan fingerprint density at radius 2 is 1.43 bits per heavy atom. The Morgan fingerprint density at radius 1 is 0.900 bits per heavy atom. The van der Waals surface area contributed by atoms with Crippen LogP contribution in [0.5, 0.6) is 0 Å².